The van der Waals surface area contributed by atoms with Gasteiger partial charge in [-0.1, -0.05) is 44.2 Å². The summed E-state index contributed by atoms with van der Waals surface area (Å²) in [5.41, 5.74) is 7.29. The molecule has 0 unspecified atom stereocenters. The van der Waals surface area contributed by atoms with Crippen LogP contribution in [0, 0.1) is 27.9 Å². The molecule has 3 heterocycles. The molecule has 1 aromatic carbocycles. The minimum absolute atomic E-state index is 0.0395. The number of hydrogen-bond acceptors (Lipinski definition) is 7. The van der Waals surface area contributed by atoms with E-state index in [2.05, 4.69) is 48.0 Å². The van der Waals surface area contributed by atoms with Gasteiger partial charge in [-0.3, -0.25) is 10.1 Å². The van der Waals surface area contributed by atoms with Crippen LogP contribution < -0.4 is 15.5 Å². The number of nitrogens with two attached hydrogens (primary N) is 1. The highest BCUT2D eigenvalue weighted by Gasteiger charge is 2.33. The third-order valence-electron chi connectivity index (χ3n) is 6.50. The van der Waals surface area contributed by atoms with Crippen molar-refractivity contribution in [2.75, 3.05) is 41.7 Å². The van der Waals surface area contributed by atoms with Crippen molar-refractivity contribution >= 4 is 23.3 Å². The summed E-state index contributed by atoms with van der Waals surface area (Å²) in [4.78, 5) is 24.5. The first-order valence-electron chi connectivity index (χ1n) is 11.3. The van der Waals surface area contributed by atoms with Gasteiger partial charge in [0, 0.05) is 26.2 Å². The Hall–Kier alpha value is -2.90. The first-order valence-corrected chi connectivity index (χ1v) is 11.3. The van der Waals surface area contributed by atoms with E-state index in [9.17, 15) is 10.1 Å². The van der Waals surface area contributed by atoms with Crippen LogP contribution in [0.4, 0.5) is 23.3 Å². The number of piperidine rings is 2. The first-order chi connectivity index (χ1) is 14.9. The smallest absolute Gasteiger partial charge is 0.353 e. The fourth-order valence-electron chi connectivity index (χ4n) is 5.11. The van der Waals surface area contributed by atoms with E-state index < -0.39 is 4.92 Å². The second-order valence-corrected chi connectivity index (χ2v) is 9.31. The summed E-state index contributed by atoms with van der Waals surface area (Å²) < 4.78 is 0. The molecule has 2 aromatic rings. The zero-order valence-electron chi connectivity index (χ0n) is 18.4. The molecule has 31 heavy (non-hydrogen) atoms. The Kier molecular flexibility index (Phi) is 6.25. The van der Waals surface area contributed by atoms with Gasteiger partial charge in [0.1, 0.15) is 0 Å². The molecule has 2 aliphatic heterocycles. The molecule has 2 saturated heterocycles. The number of nitrogens with zero attached hydrogens (tertiary/aromatic N) is 5. The predicted molar refractivity (Wildman–Crippen MR) is 123 cm³/mol. The Balaban J connectivity index is 1.52. The van der Waals surface area contributed by atoms with E-state index in [0.717, 1.165) is 51.9 Å². The van der Waals surface area contributed by atoms with Gasteiger partial charge < -0.3 is 15.5 Å². The number of benzene rings is 1. The van der Waals surface area contributed by atoms with E-state index >= 15 is 0 Å². The maximum atomic E-state index is 11.8. The molecule has 0 saturated carbocycles. The standard InChI is InChI=1S/C23H32N6O2/c1-16-12-17(2)15-28(14-16)22-20(29(30)31)21(24)25-23(26-22)27-10-8-19(9-11-27)13-18-6-4-3-5-7-18/h3-7,16-17,19H,8-15H2,1-2H3,(H2,24,25,26)/t16-,17-/m0/s1. The van der Waals surface area contributed by atoms with Crippen molar-refractivity contribution in [2.45, 2.75) is 39.5 Å². The van der Waals surface area contributed by atoms with Crippen molar-refractivity contribution in [1.29, 1.82) is 0 Å². The minimum Gasteiger partial charge on any atom is -0.378 e. The highest BCUT2D eigenvalue weighted by molar-refractivity contribution is 5.71. The van der Waals surface area contributed by atoms with Crippen molar-refractivity contribution in [2.24, 2.45) is 17.8 Å². The van der Waals surface area contributed by atoms with Gasteiger partial charge in [-0.15, -0.1) is 0 Å². The summed E-state index contributed by atoms with van der Waals surface area (Å²) in [6, 6.07) is 10.6. The molecule has 0 bridgehead atoms. The molecular formula is C23H32N6O2. The molecule has 2 atom stereocenters. The molecular weight excluding hydrogens is 392 g/mol. The third kappa shape index (κ3) is 4.89. The Morgan fingerprint density at radius 2 is 1.71 bits per heavy atom. The topological polar surface area (TPSA) is 101 Å². The second kappa shape index (κ2) is 9.08. The summed E-state index contributed by atoms with van der Waals surface area (Å²) in [5.74, 6) is 2.38. The molecule has 166 valence electrons. The Bertz CT molecular complexity index is 904. The summed E-state index contributed by atoms with van der Waals surface area (Å²) in [5, 5.41) is 11.8. The quantitative estimate of drug-likeness (QED) is 0.573. The van der Waals surface area contributed by atoms with Crippen molar-refractivity contribution in [1.82, 2.24) is 9.97 Å². The van der Waals surface area contributed by atoms with Gasteiger partial charge in [0.15, 0.2) is 0 Å². The van der Waals surface area contributed by atoms with Gasteiger partial charge in [-0.05, 0) is 49.0 Å². The molecule has 8 heteroatoms. The molecule has 1 aromatic heterocycles. The zero-order valence-corrected chi connectivity index (χ0v) is 18.4. The predicted octanol–water partition coefficient (Wildman–Crippen LogP) is 3.91. The highest BCUT2D eigenvalue weighted by atomic mass is 16.6. The van der Waals surface area contributed by atoms with Gasteiger partial charge in [-0.2, -0.15) is 9.97 Å². The summed E-state index contributed by atoms with van der Waals surface area (Å²) in [6.07, 6.45) is 4.28. The second-order valence-electron chi connectivity index (χ2n) is 9.31. The number of aromatic nitrogens is 2. The Morgan fingerprint density at radius 3 is 2.32 bits per heavy atom. The van der Waals surface area contributed by atoms with Crippen LogP contribution in [0.2, 0.25) is 0 Å². The van der Waals surface area contributed by atoms with Crippen LogP contribution in [-0.2, 0) is 6.42 Å². The van der Waals surface area contributed by atoms with E-state index in [1.165, 1.54) is 5.56 Å². The van der Waals surface area contributed by atoms with E-state index in [1.807, 2.05) is 11.0 Å². The van der Waals surface area contributed by atoms with Crippen LogP contribution in [-0.4, -0.2) is 41.1 Å². The molecule has 0 spiro atoms. The summed E-state index contributed by atoms with van der Waals surface area (Å²) in [6.45, 7) is 7.53. The van der Waals surface area contributed by atoms with E-state index in [4.69, 9.17) is 10.7 Å². The third-order valence-corrected chi connectivity index (χ3v) is 6.50. The summed E-state index contributed by atoms with van der Waals surface area (Å²) in [7, 11) is 0. The zero-order chi connectivity index (χ0) is 22.0. The fourth-order valence-corrected chi connectivity index (χ4v) is 5.11. The van der Waals surface area contributed by atoms with Crippen LogP contribution in [0.25, 0.3) is 0 Å². The van der Waals surface area contributed by atoms with Crippen molar-refractivity contribution in [3.63, 3.8) is 0 Å². The lowest BCUT2D eigenvalue weighted by Crippen LogP contribution is -2.40. The van der Waals surface area contributed by atoms with E-state index in [-0.39, 0.29) is 11.5 Å². The van der Waals surface area contributed by atoms with E-state index in [0.29, 0.717) is 29.5 Å². The minimum atomic E-state index is -0.440. The van der Waals surface area contributed by atoms with Crippen LogP contribution in [0.5, 0.6) is 0 Å². The molecule has 8 nitrogen and oxygen atoms in total. The van der Waals surface area contributed by atoms with Crippen LogP contribution >= 0.6 is 0 Å². The van der Waals surface area contributed by atoms with Gasteiger partial charge in [-0.25, -0.2) is 0 Å². The van der Waals surface area contributed by atoms with Gasteiger partial charge in [0.25, 0.3) is 0 Å². The molecule has 0 radical (unpaired) electrons. The lowest BCUT2D eigenvalue weighted by Gasteiger charge is -2.36. The lowest BCUT2D eigenvalue weighted by molar-refractivity contribution is -0.383. The average Bonchev–Trinajstić information content (AvgIpc) is 2.73. The first kappa shape index (κ1) is 21.3. The van der Waals surface area contributed by atoms with Crippen molar-refractivity contribution < 1.29 is 4.92 Å². The number of anilines is 3. The largest absolute Gasteiger partial charge is 0.378 e. The Labute approximate surface area is 183 Å². The lowest BCUT2D eigenvalue weighted by atomic mass is 9.90. The summed E-state index contributed by atoms with van der Waals surface area (Å²) >= 11 is 0. The van der Waals surface area contributed by atoms with Gasteiger partial charge in [0.05, 0.1) is 4.92 Å². The normalized spacial score (nSPS) is 22.5. The highest BCUT2D eigenvalue weighted by Crippen LogP contribution is 2.36. The number of nitro groups is 1. The SMILES string of the molecule is C[C@H]1C[C@H](C)CN(c2nc(N3CCC(Cc4ccccc4)CC3)nc(N)c2[N+](=O)[O-])C1. The molecule has 2 N–H and O–H groups in total. The average molecular weight is 425 g/mol. The molecule has 2 aliphatic rings. The number of hydrogen-bond donors (Lipinski definition) is 1. The van der Waals surface area contributed by atoms with Crippen LogP contribution in [0.15, 0.2) is 30.3 Å². The fraction of sp³-hybridized carbons (Fsp3) is 0.565. The van der Waals surface area contributed by atoms with Crippen molar-refractivity contribution in [3.8, 4) is 0 Å². The monoisotopic (exact) mass is 424 g/mol. The molecule has 0 amide bonds. The molecule has 0 aliphatic carbocycles. The van der Waals surface area contributed by atoms with Gasteiger partial charge in [0.2, 0.25) is 17.6 Å². The number of rotatable bonds is 5. The van der Waals surface area contributed by atoms with Crippen LogP contribution in [0.1, 0.15) is 38.7 Å². The number of nitrogen functional groups attached to an aromatic ring is 1. The Morgan fingerprint density at radius 1 is 1.06 bits per heavy atom. The van der Waals surface area contributed by atoms with E-state index in [1.54, 1.807) is 0 Å². The molecule has 4 rings (SSSR count). The van der Waals surface area contributed by atoms with Crippen molar-refractivity contribution in [3.05, 3.63) is 46.0 Å². The van der Waals surface area contributed by atoms with Crippen LogP contribution in [0.3, 0.4) is 0 Å². The maximum absolute atomic E-state index is 11.8. The molecule has 2 fully saturated rings. The van der Waals surface area contributed by atoms with Gasteiger partial charge >= 0.3 is 5.69 Å². The maximum Gasteiger partial charge on any atom is 0.353 e.